The van der Waals surface area contributed by atoms with E-state index in [1.807, 2.05) is 32.0 Å². The van der Waals surface area contributed by atoms with Crippen LogP contribution in [0.25, 0.3) is 10.8 Å². The molecule has 110 valence electrons. The first-order valence-corrected chi connectivity index (χ1v) is 7.81. The molecule has 0 saturated carbocycles. The highest BCUT2D eigenvalue weighted by molar-refractivity contribution is 6.15. The molecule has 0 fully saturated rings. The largest absolute Gasteiger partial charge is 0.507 e. The fourth-order valence-corrected chi connectivity index (χ4v) is 2.68. The van der Waals surface area contributed by atoms with Crippen LogP contribution in [0.1, 0.15) is 31.9 Å². The maximum atomic E-state index is 10.0. The van der Waals surface area contributed by atoms with Gasteiger partial charge in [-0.05, 0) is 36.8 Å². The lowest BCUT2D eigenvalue weighted by molar-refractivity contribution is 0.482. The Balaban J connectivity index is 0.000000461. The molecule has 3 rings (SSSR count). The van der Waals surface area contributed by atoms with Gasteiger partial charge in [0.05, 0.1) is 0 Å². The van der Waals surface area contributed by atoms with Gasteiger partial charge < -0.3 is 10.4 Å². The zero-order valence-electron chi connectivity index (χ0n) is 12.9. The number of rotatable bonds is 0. The van der Waals surface area contributed by atoms with E-state index in [9.17, 15) is 5.11 Å². The number of aromatic hydroxyl groups is 1. The van der Waals surface area contributed by atoms with Crippen LogP contribution in [0.3, 0.4) is 0 Å². The summed E-state index contributed by atoms with van der Waals surface area (Å²) in [7, 11) is 0. The Morgan fingerprint density at radius 1 is 1.25 bits per heavy atom. The van der Waals surface area contributed by atoms with Crippen molar-refractivity contribution < 1.29 is 5.11 Å². The number of hydrogen-bond acceptors (Lipinski definition) is 2. The molecule has 0 bridgehead atoms. The van der Waals surface area contributed by atoms with Gasteiger partial charge in [-0.3, -0.25) is 0 Å². The van der Waals surface area contributed by atoms with Crippen molar-refractivity contribution in [3.8, 4) is 5.75 Å². The molecule has 0 amide bonds. The summed E-state index contributed by atoms with van der Waals surface area (Å²) >= 11 is 4.64. The topological polar surface area (TPSA) is 32.3 Å². The maximum Gasteiger partial charge on any atom is 0.125 e. The van der Waals surface area contributed by atoms with Crippen LogP contribution in [0.15, 0.2) is 24.3 Å². The van der Waals surface area contributed by atoms with E-state index in [1.165, 1.54) is 22.9 Å². The molecule has 0 aromatic heterocycles. The number of phenolic OH excluding ortho intramolecular Hbond substituents is 1. The van der Waals surface area contributed by atoms with Gasteiger partial charge in [0.25, 0.3) is 0 Å². The van der Waals surface area contributed by atoms with E-state index < -0.39 is 0 Å². The van der Waals surface area contributed by atoms with Crippen molar-refractivity contribution in [2.45, 2.75) is 40.2 Å². The summed E-state index contributed by atoms with van der Waals surface area (Å²) in [4.78, 5) is 0. The molecule has 1 atom stereocenters. The third-order valence-electron chi connectivity index (χ3n) is 3.37. The average molecular weight is 294 g/mol. The summed E-state index contributed by atoms with van der Waals surface area (Å²) in [6, 6.07) is 8.39. The van der Waals surface area contributed by atoms with E-state index in [0.29, 0.717) is 11.8 Å². The maximum absolute atomic E-state index is 10.0. The smallest absolute Gasteiger partial charge is 0.125 e. The summed E-state index contributed by atoms with van der Waals surface area (Å²) in [5, 5.41) is 15.6. The number of hydrogen-bond donors (Lipinski definition) is 2. The predicted octanol–water partition coefficient (Wildman–Crippen LogP) is 5.09. The van der Waals surface area contributed by atoms with Crippen LogP contribution in [-0.4, -0.2) is 17.5 Å². The number of fused-ring (bicyclic) bond motifs is 3. The van der Waals surface area contributed by atoms with Gasteiger partial charge in [0.1, 0.15) is 5.75 Å². The minimum atomic E-state index is 0.374. The molecule has 2 aromatic carbocycles. The summed E-state index contributed by atoms with van der Waals surface area (Å²) in [5.74, 6) is 0.374. The molecule has 1 aliphatic rings. The van der Waals surface area contributed by atoms with E-state index in [4.69, 9.17) is 0 Å². The summed E-state index contributed by atoms with van der Waals surface area (Å²) in [6.07, 6.45) is 2.51. The van der Waals surface area contributed by atoms with Gasteiger partial charge >= 0.3 is 0 Å². The van der Waals surface area contributed by atoms with Gasteiger partial charge in [0.15, 0.2) is 0 Å². The quantitative estimate of drug-likeness (QED) is 0.663. The molecular formula is C17H24ClNO. The summed E-state index contributed by atoms with van der Waals surface area (Å²) < 4.78 is 0. The summed E-state index contributed by atoms with van der Waals surface area (Å²) in [6.45, 7) is 8.27. The SMILES string of the molecule is CC.CCl.Cc1cccc2c(O)cc3c(c12)CC(C)N3. The van der Waals surface area contributed by atoms with E-state index in [2.05, 4.69) is 36.8 Å². The van der Waals surface area contributed by atoms with Crippen molar-refractivity contribution in [1.82, 2.24) is 0 Å². The van der Waals surface area contributed by atoms with Crippen LogP contribution in [-0.2, 0) is 6.42 Å². The van der Waals surface area contributed by atoms with Crippen LogP contribution in [0, 0.1) is 6.92 Å². The first kappa shape index (κ1) is 16.6. The average Bonchev–Trinajstić information content (AvgIpc) is 2.84. The van der Waals surface area contributed by atoms with Crippen molar-refractivity contribution in [2.75, 3.05) is 11.7 Å². The molecule has 0 spiro atoms. The Kier molecular flexibility index (Phi) is 6.15. The number of phenols is 1. The van der Waals surface area contributed by atoms with Gasteiger partial charge in [0.2, 0.25) is 0 Å². The normalized spacial score (nSPS) is 15.4. The Bertz CT molecular complexity index is 581. The van der Waals surface area contributed by atoms with Crippen molar-refractivity contribution in [3.05, 3.63) is 35.4 Å². The second-order valence-corrected chi connectivity index (χ2v) is 4.67. The highest BCUT2D eigenvalue weighted by Gasteiger charge is 2.21. The minimum absolute atomic E-state index is 0.374. The second kappa shape index (κ2) is 7.39. The van der Waals surface area contributed by atoms with Crippen molar-refractivity contribution in [1.29, 1.82) is 0 Å². The molecule has 1 unspecified atom stereocenters. The molecule has 3 heteroatoms. The standard InChI is InChI=1S/C14H15NO.C2H6.CH3Cl/c1-8-4-3-5-10-13(16)7-12-11(14(8)10)6-9(2)15-12;2*1-2/h3-5,7,9,15-16H,6H2,1-2H3;1-2H3;1H3. The van der Waals surface area contributed by atoms with Crippen molar-refractivity contribution >= 4 is 28.1 Å². The molecule has 20 heavy (non-hydrogen) atoms. The van der Waals surface area contributed by atoms with Crippen LogP contribution in [0.4, 0.5) is 5.69 Å². The lowest BCUT2D eigenvalue weighted by atomic mass is 9.97. The van der Waals surface area contributed by atoms with Gasteiger partial charge in [0, 0.05) is 29.6 Å². The molecule has 0 aliphatic carbocycles. The molecule has 1 aliphatic heterocycles. The third-order valence-corrected chi connectivity index (χ3v) is 3.37. The Morgan fingerprint density at radius 3 is 2.55 bits per heavy atom. The molecular weight excluding hydrogens is 270 g/mol. The first-order chi connectivity index (χ1) is 9.66. The van der Waals surface area contributed by atoms with E-state index in [-0.39, 0.29) is 0 Å². The molecule has 1 heterocycles. The van der Waals surface area contributed by atoms with Crippen LogP contribution < -0.4 is 5.32 Å². The number of anilines is 1. The molecule has 2 N–H and O–H groups in total. The number of alkyl halides is 1. The number of benzene rings is 2. The fourth-order valence-electron chi connectivity index (χ4n) is 2.68. The van der Waals surface area contributed by atoms with Crippen LogP contribution in [0.2, 0.25) is 0 Å². The molecule has 2 nitrogen and oxygen atoms in total. The number of aryl methyl sites for hydroxylation is 1. The minimum Gasteiger partial charge on any atom is -0.507 e. The van der Waals surface area contributed by atoms with Crippen molar-refractivity contribution in [2.24, 2.45) is 0 Å². The number of nitrogens with one attached hydrogen (secondary N) is 1. The molecule has 0 saturated heterocycles. The van der Waals surface area contributed by atoms with Gasteiger partial charge in [-0.1, -0.05) is 32.0 Å². The zero-order valence-corrected chi connectivity index (χ0v) is 13.7. The van der Waals surface area contributed by atoms with E-state index in [0.717, 1.165) is 17.5 Å². The Morgan fingerprint density at radius 2 is 1.90 bits per heavy atom. The molecule has 0 radical (unpaired) electrons. The molecule has 2 aromatic rings. The lowest BCUT2D eigenvalue weighted by Crippen LogP contribution is -2.08. The van der Waals surface area contributed by atoms with Crippen LogP contribution in [0.5, 0.6) is 5.75 Å². The second-order valence-electron chi connectivity index (χ2n) is 4.67. The Labute approximate surface area is 126 Å². The van der Waals surface area contributed by atoms with Gasteiger partial charge in [-0.15, -0.1) is 11.6 Å². The fraction of sp³-hybridized carbons (Fsp3) is 0.412. The van der Waals surface area contributed by atoms with Crippen LogP contribution >= 0.6 is 11.6 Å². The van der Waals surface area contributed by atoms with E-state index in [1.54, 1.807) is 0 Å². The highest BCUT2D eigenvalue weighted by atomic mass is 35.5. The lowest BCUT2D eigenvalue weighted by Gasteiger charge is -2.09. The highest BCUT2D eigenvalue weighted by Crippen LogP contribution is 2.39. The third kappa shape index (κ3) is 3.01. The summed E-state index contributed by atoms with van der Waals surface area (Å²) in [5.41, 5.74) is 3.67. The predicted molar refractivity (Wildman–Crippen MR) is 90.3 cm³/mol. The van der Waals surface area contributed by atoms with Gasteiger partial charge in [-0.25, -0.2) is 0 Å². The Hall–Kier alpha value is -1.41. The van der Waals surface area contributed by atoms with Gasteiger partial charge in [-0.2, -0.15) is 0 Å². The van der Waals surface area contributed by atoms with E-state index >= 15 is 0 Å². The number of halogens is 1. The monoisotopic (exact) mass is 293 g/mol. The van der Waals surface area contributed by atoms with Crippen molar-refractivity contribution in [3.63, 3.8) is 0 Å². The first-order valence-electron chi connectivity index (χ1n) is 7.05. The zero-order chi connectivity index (χ0) is 15.3.